The van der Waals surface area contributed by atoms with Gasteiger partial charge in [-0.25, -0.2) is 8.42 Å². The number of halogens is 1. The van der Waals surface area contributed by atoms with Gasteiger partial charge in [0.2, 0.25) is 0 Å². The summed E-state index contributed by atoms with van der Waals surface area (Å²) in [5.74, 6) is 0.293. The second-order valence-electron chi connectivity index (χ2n) is 7.23. The first-order valence-corrected chi connectivity index (χ1v) is 10.6. The van der Waals surface area contributed by atoms with Gasteiger partial charge < -0.3 is 14.7 Å². The van der Waals surface area contributed by atoms with Gasteiger partial charge in [-0.05, 0) is 49.4 Å². The van der Waals surface area contributed by atoms with E-state index in [1.807, 2.05) is 0 Å². The lowest BCUT2D eigenvalue weighted by atomic mass is 9.81. The van der Waals surface area contributed by atoms with Crippen molar-refractivity contribution < 1.29 is 23.1 Å². The van der Waals surface area contributed by atoms with Crippen molar-refractivity contribution in [3.05, 3.63) is 24.3 Å². The molecule has 1 aliphatic carbocycles. The van der Waals surface area contributed by atoms with Gasteiger partial charge in [-0.15, -0.1) is 12.4 Å². The Hall–Kier alpha value is -1.31. The summed E-state index contributed by atoms with van der Waals surface area (Å²) >= 11 is 0. The fraction of sp³-hybridized carbons (Fsp3) is 0.611. The van der Waals surface area contributed by atoms with E-state index in [2.05, 4.69) is 4.90 Å². The summed E-state index contributed by atoms with van der Waals surface area (Å²) < 4.78 is 28.5. The number of likely N-dealkylation sites (tertiary alicyclic amines) is 1. The topological polar surface area (TPSA) is 83.9 Å². The van der Waals surface area contributed by atoms with Crippen LogP contribution in [0.1, 0.15) is 25.7 Å². The highest BCUT2D eigenvalue weighted by Gasteiger charge is 2.54. The molecule has 26 heavy (non-hydrogen) atoms. The number of nitrogens with zero attached hydrogens (tertiary/aromatic N) is 1. The van der Waals surface area contributed by atoms with Gasteiger partial charge in [-0.3, -0.25) is 4.79 Å². The number of carboxylic acids is 1. The largest absolute Gasteiger partial charge is 0.494 e. The van der Waals surface area contributed by atoms with E-state index in [0.29, 0.717) is 18.9 Å². The number of hydrogen-bond acceptors (Lipinski definition) is 5. The predicted octanol–water partition coefficient (Wildman–Crippen LogP) is 2.47. The SMILES string of the molecule is CS(=O)(=O)c1ccc(OCCCN2C[C@@H]3CCC[C@@]3(C(=O)O)C2)cc1.Cl. The summed E-state index contributed by atoms with van der Waals surface area (Å²) in [6.45, 7) is 2.87. The third kappa shape index (κ3) is 4.32. The molecule has 0 spiro atoms. The van der Waals surface area contributed by atoms with E-state index in [0.717, 1.165) is 38.8 Å². The molecule has 0 aromatic heterocycles. The molecule has 1 heterocycles. The van der Waals surface area contributed by atoms with Crippen LogP contribution in [0.5, 0.6) is 5.75 Å². The minimum absolute atomic E-state index is 0. The highest BCUT2D eigenvalue weighted by atomic mass is 35.5. The van der Waals surface area contributed by atoms with Crippen LogP contribution >= 0.6 is 12.4 Å². The van der Waals surface area contributed by atoms with E-state index in [4.69, 9.17) is 4.74 Å². The van der Waals surface area contributed by atoms with E-state index < -0.39 is 21.2 Å². The van der Waals surface area contributed by atoms with Gasteiger partial charge in [-0.1, -0.05) is 6.42 Å². The van der Waals surface area contributed by atoms with Gasteiger partial charge in [-0.2, -0.15) is 0 Å². The lowest BCUT2D eigenvalue weighted by Gasteiger charge is -2.23. The van der Waals surface area contributed by atoms with Gasteiger partial charge in [0, 0.05) is 25.9 Å². The molecular formula is C18H26ClNO5S. The molecule has 0 radical (unpaired) electrons. The quantitative estimate of drug-likeness (QED) is 0.704. The minimum Gasteiger partial charge on any atom is -0.494 e. The molecule has 1 saturated carbocycles. The van der Waals surface area contributed by atoms with Crippen molar-refractivity contribution in [3.63, 3.8) is 0 Å². The molecule has 146 valence electrons. The van der Waals surface area contributed by atoms with Crippen LogP contribution in [0.4, 0.5) is 0 Å². The molecule has 2 fully saturated rings. The minimum atomic E-state index is -3.19. The first-order chi connectivity index (χ1) is 11.8. The molecule has 2 atom stereocenters. The van der Waals surface area contributed by atoms with Crippen molar-refractivity contribution in [2.75, 3.05) is 32.5 Å². The molecule has 1 aliphatic heterocycles. The molecule has 0 bridgehead atoms. The van der Waals surface area contributed by atoms with Crippen LogP contribution in [0.15, 0.2) is 29.2 Å². The molecule has 1 aromatic rings. The summed E-state index contributed by atoms with van der Waals surface area (Å²) in [5.41, 5.74) is -0.525. The van der Waals surface area contributed by atoms with Crippen LogP contribution < -0.4 is 4.74 Å². The number of carboxylic acid groups (broad SMARTS) is 1. The zero-order valence-electron chi connectivity index (χ0n) is 14.9. The summed E-state index contributed by atoms with van der Waals surface area (Å²) in [7, 11) is -3.19. The maximum Gasteiger partial charge on any atom is 0.311 e. The number of fused-ring (bicyclic) bond motifs is 1. The van der Waals surface area contributed by atoms with Crippen molar-refractivity contribution >= 4 is 28.2 Å². The van der Waals surface area contributed by atoms with E-state index in [-0.39, 0.29) is 23.2 Å². The monoisotopic (exact) mass is 403 g/mol. The van der Waals surface area contributed by atoms with Crippen LogP contribution in [0.3, 0.4) is 0 Å². The number of sulfone groups is 1. The van der Waals surface area contributed by atoms with Crippen molar-refractivity contribution in [2.45, 2.75) is 30.6 Å². The molecule has 0 unspecified atom stereocenters. The van der Waals surface area contributed by atoms with Crippen molar-refractivity contribution in [1.82, 2.24) is 4.90 Å². The molecule has 2 aliphatic rings. The van der Waals surface area contributed by atoms with E-state index in [9.17, 15) is 18.3 Å². The van der Waals surface area contributed by atoms with E-state index in [1.54, 1.807) is 24.3 Å². The van der Waals surface area contributed by atoms with Crippen molar-refractivity contribution in [1.29, 1.82) is 0 Å². The fourth-order valence-electron chi connectivity index (χ4n) is 4.17. The standard InChI is InChI=1S/C18H25NO5S.ClH/c1-25(22,23)16-7-5-15(6-8-16)24-11-3-10-19-12-14-4-2-9-18(14,13-19)17(20)21;/h5-8,14H,2-4,9-13H2,1H3,(H,20,21);1H/t14-,18+;/m0./s1. The predicted molar refractivity (Wildman–Crippen MR) is 101 cm³/mol. The van der Waals surface area contributed by atoms with Gasteiger partial charge in [0.15, 0.2) is 9.84 Å². The lowest BCUT2D eigenvalue weighted by molar-refractivity contribution is -0.149. The molecule has 1 saturated heterocycles. The van der Waals surface area contributed by atoms with Gasteiger partial charge >= 0.3 is 5.97 Å². The highest BCUT2D eigenvalue weighted by Crippen LogP contribution is 2.48. The zero-order valence-corrected chi connectivity index (χ0v) is 16.5. The number of aliphatic carboxylic acids is 1. The highest BCUT2D eigenvalue weighted by molar-refractivity contribution is 7.90. The Balaban J connectivity index is 0.00000243. The zero-order chi connectivity index (χ0) is 18.1. The Morgan fingerprint density at radius 2 is 2.04 bits per heavy atom. The Labute approximate surface area is 160 Å². The van der Waals surface area contributed by atoms with Crippen LogP contribution in [-0.2, 0) is 14.6 Å². The molecule has 1 aromatic carbocycles. The van der Waals surface area contributed by atoms with E-state index in [1.165, 1.54) is 6.26 Å². The average Bonchev–Trinajstić information content (AvgIpc) is 3.09. The normalized spacial score (nSPS) is 25.5. The Bertz CT molecular complexity index is 736. The number of benzene rings is 1. The average molecular weight is 404 g/mol. The Morgan fingerprint density at radius 3 is 2.62 bits per heavy atom. The van der Waals surface area contributed by atoms with Gasteiger partial charge in [0.25, 0.3) is 0 Å². The molecule has 0 amide bonds. The van der Waals surface area contributed by atoms with Crippen molar-refractivity contribution in [3.8, 4) is 5.75 Å². The van der Waals surface area contributed by atoms with Gasteiger partial charge in [0.05, 0.1) is 16.9 Å². The molecule has 8 heteroatoms. The summed E-state index contributed by atoms with van der Waals surface area (Å²) in [6, 6.07) is 6.41. The third-order valence-electron chi connectivity index (χ3n) is 5.51. The number of hydrogen-bond donors (Lipinski definition) is 1. The number of ether oxygens (including phenoxy) is 1. The Morgan fingerprint density at radius 1 is 1.35 bits per heavy atom. The number of carbonyl (C=O) groups is 1. The maximum absolute atomic E-state index is 11.7. The van der Waals surface area contributed by atoms with Crippen LogP contribution in [-0.4, -0.2) is 56.9 Å². The first kappa shape index (κ1) is 21.0. The molecule has 6 nitrogen and oxygen atoms in total. The second-order valence-corrected chi connectivity index (χ2v) is 9.25. The molecule has 3 rings (SSSR count). The summed E-state index contributed by atoms with van der Waals surface area (Å²) in [5, 5.41) is 9.60. The molecule has 1 N–H and O–H groups in total. The summed E-state index contributed by atoms with van der Waals surface area (Å²) in [4.78, 5) is 14.2. The van der Waals surface area contributed by atoms with Crippen molar-refractivity contribution in [2.24, 2.45) is 11.3 Å². The van der Waals surface area contributed by atoms with Crippen LogP contribution in [0.2, 0.25) is 0 Å². The summed E-state index contributed by atoms with van der Waals surface area (Å²) in [6.07, 6.45) is 4.84. The maximum atomic E-state index is 11.7. The number of rotatable bonds is 7. The van der Waals surface area contributed by atoms with Crippen LogP contribution in [0, 0.1) is 11.3 Å². The van der Waals surface area contributed by atoms with E-state index >= 15 is 0 Å². The third-order valence-corrected chi connectivity index (χ3v) is 6.63. The lowest BCUT2D eigenvalue weighted by Crippen LogP contribution is -2.36. The fourth-order valence-corrected chi connectivity index (χ4v) is 4.80. The van der Waals surface area contributed by atoms with Crippen LogP contribution in [0.25, 0.3) is 0 Å². The second kappa shape index (κ2) is 8.15. The first-order valence-electron chi connectivity index (χ1n) is 8.70. The smallest absolute Gasteiger partial charge is 0.311 e. The van der Waals surface area contributed by atoms with Gasteiger partial charge in [0.1, 0.15) is 5.75 Å². The Kier molecular flexibility index (Phi) is 6.58. The molecular weight excluding hydrogens is 378 g/mol.